The van der Waals surface area contributed by atoms with E-state index in [0.29, 0.717) is 25.0 Å². The molecule has 4 saturated carbocycles. The summed E-state index contributed by atoms with van der Waals surface area (Å²) in [4.78, 5) is 13.5. The third-order valence-electron chi connectivity index (χ3n) is 9.28. The second kappa shape index (κ2) is 5.44. The van der Waals surface area contributed by atoms with Gasteiger partial charge in [0.25, 0.3) is 0 Å². The standard InChI is InChI=1S/C22H32O5/c1-5-26-19-21-9-8-15(23)20(3,4)14(21)10-16(27-19)22-13(21)7-6-12(18(22)25)11(2)17(22)24/h12-16,18-19,23,25H,2,5-10H2,1,3-4H3. The maximum Gasteiger partial charge on any atom is 0.170 e. The molecule has 2 N–H and O–H groups in total. The van der Waals surface area contributed by atoms with Gasteiger partial charge in [0.2, 0.25) is 0 Å². The molecule has 6 fully saturated rings. The fourth-order valence-electron chi connectivity index (χ4n) is 8.10. The van der Waals surface area contributed by atoms with Gasteiger partial charge in [0, 0.05) is 17.9 Å². The first-order chi connectivity index (χ1) is 12.7. The van der Waals surface area contributed by atoms with Crippen molar-refractivity contribution >= 4 is 5.78 Å². The van der Waals surface area contributed by atoms with Crippen LogP contribution >= 0.6 is 0 Å². The van der Waals surface area contributed by atoms with Gasteiger partial charge in [0.1, 0.15) is 0 Å². The number of aliphatic hydroxyl groups is 2. The van der Waals surface area contributed by atoms with Crippen LogP contribution in [0, 0.1) is 34.0 Å². The van der Waals surface area contributed by atoms with E-state index in [2.05, 4.69) is 20.4 Å². The summed E-state index contributed by atoms with van der Waals surface area (Å²) in [6.07, 6.45) is 2.09. The molecular weight excluding hydrogens is 344 g/mol. The van der Waals surface area contributed by atoms with Crippen molar-refractivity contribution in [2.75, 3.05) is 6.61 Å². The van der Waals surface area contributed by atoms with Gasteiger partial charge in [-0.15, -0.1) is 0 Å². The van der Waals surface area contributed by atoms with Crippen LogP contribution in [0.5, 0.6) is 0 Å². The maximum absolute atomic E-state index is 13.5. The van der Waals surface area contributed by atoms with Gasteiger partial charge < -0.3 is 19.7 Å². The Kier molecular flexibility index (Phi) is 3.68. The Morgan fingerprint density at radius 3 is 2.67 bits per heavy atom. The Balaban J connectivity index is 1.71. The summed E-state index contributed by atoms with van der Waals surface area (Å²) in [5.41, 5.74) is -0.864. The van der Waals surface area contributed by atoms with Gasteiger partial charge in [-0.2, -0.15) is 0 Å². The van der Waals surface area contributed by atoms with Gasteiger partial charge in [-0.25, -0.2) is 0 Å². The number of ketones is 1. The fraction of sp³-hybridized carbons (Fsp3) is 0.864. The SMILES string of the molecule is C=C1C(=O)C23C4CC5C(C)(C)C(O)CCC5(C(OCC)O4)C2CCC1C3O. The van der Waals surface area contributed by atoms with Gasteiger partial charge in [0.05, 0.1) is 23.7 Å². The van der Waals surface area contributed by atoms with Crippen LogP contribution in [0.4, 0.5) is 0 Å². The molecule has 5 heteroatoms. The second-order valence-corrected chi connectivity index (χ2v) is 10.2. The number of carbonyl (C=O) groups excluding carboxylic acids is 1. The summed E-state index contributed by atoms with van der Waals surface area (Å²) >= 11 is 0. The quantitative estimate of drug-likeness (QED) is 0.724. The monoisotopic (exact) mass is 376 g/mol. The lowest BCUT2D eigenvalue weighted by Gasteiger charge is -2.72. The fourth-order valence-corrected chi connectivity index (χ4v) is 8.10. The molecule has 0 aromatic rings. The minimum atomic E-state index is -0.859. The van der Waals surface area contributed by atoms with Crippen LogP contribution < -0.4 is 0 Å². The van der Waals surface area contributed by atoms with Gasteiger partial charge in [-0.1, -0.05) is 20.4 Å². The van der Waals surface area contributed by atoms with Gasteiger partial charge >= 0.3 is 0 Å². The minimum Gasteiger partial charge on any atom is -0.393 e. The smallest absolute Gasteiger partial charge is 0.170 e. The molecule has 0 aromatic heterocycles. The molecule has 150 valence electrons. The number of Topliss-reactive ketones (excluding diaryl/α,β-unsaturated/α-hetero) is 1. The summed E-state index contributed by atoms with van der Waals surface area (Å²) in [6, 6.07) is 0. The van der Waals surface area contributed by atoms with Gasteiger partial charge in [-0.3, -0.25) is 4.79 Å². The van der Waals surface area contributed by atoms with E-state index in [9.17, 15) is 15.0 Å². The average molecular weight is 376 g/mol. The lowest BCUT2D eigenvalue weighted by atomic mass is 9.37. The molecule has 6 aliphatic rings. The predicted octanol–water partition coefficient (Wildman–Crippen LogP) is 2.45. The molecule has 2 spiro atoms. The molecule has 2 aliphatic heterocycles. The maximum atomic E-state index is 13.5. The molecule has 2 heterocycles. The van der Waals surface area contributed by atoms with E-state index in [0.717, 1.165) is 19.3 Å². The molecule has 9 atom stereocenters. The molecule has 0 aromatic carbocycles. The van der Waals surface area contributed by atoms with Gasteiger partial charge in [0.15, 0.2) is 12.1 Å². The molecule has 0 amide bonds. The summed E-state index contributed by atoms with van der Waals surface area (Å²) in [7, 11) is 0. The topological polar surface area (TPSA) is 76.0 Å². The van der Waals surface area contributed by atoms with Crippen LogP contribution in [0.3, 0.4) is 0 Å². The van der Waals surface area contributed by atoms with Crippen LogP contribution in [-0.4, -0.2) is 47.2 Å². The van der Waals surface area contributed by atoms with Crippen molar-refractivity contribution in [3.63, 3.8) is 0 Å². The first-order valence-electron chi connectivity index (χ1n) is 10.6. The van der Waals surface area contributed by atoms with Crippen molar-refractivity contribution in [1.29, 1.82) is 0 Å². The molecule has 0 radical (unpaired) electrons. The summed E-state index contributed by atoms with van der Waals surface area (Å²) in [5, 5.41) is 22.1. The minimum absolute atomic E-state index is 0.0313. The number of rotatable bonds is 2. The van der Waals surface area contributed by atoms with Crippen molar-refractivity contribution in [3.8, 4) is 0 Å². The normalized spacial score (nSPS) is 55.4. The van der Waals surface area contributed by atoms with Gasteiger partial charge in [-0.05, 0) is 61.9 Å². The van der Waals surface area contributed by atoms with Crippen molar-refractivity contribution in [1.82, 2.24) is 0 Å². The first-order valence-corrected chi connectivity index (χ1v) is 10.6. The second-order valence-electron chi connectivity index (χ2n) is 10.2. The lowest BCUT2D eigenvalue weighted by molar-refractivity contribution is -0.396. The largest absolute Gasteiger partial charge is 0.393 e. The Hall–Kier alpha value is -0.750. The van der Waals surface area contributed by atoms with E-state index in [1.165, 1.54) is 0 Å². The molecule has 4 aliphatic carbocycles. The molecule has 27 heavy (non-hydrogen) atoms. The van der Waals surface area contributed by atoms with E-state index >= 15 is 0 Å². The van der Waals surface area contributed by atoms with Crippen LogP contribution in [0.25, 0.3) is 0 Å². The molecule has 5 nitrogen and oxygen atoms in total. The summed E-state index contributed by atoms with van der Waals surface area (Å²) < 4.78 is 12.6. The first kappa shape index (κ1) is 18.3. The number of ether oxygens (including phenoxy) is 2. The summed E-state index contributed by atoms with van der Waals surface area (Å²) in [6.45, 7) is 10.9. The Bertz CT molecular complexity index is 701. The number of fused-ring (bicyclic) bond motifs is 2. The highest BCUT2D eigenvalue weighted by atomic mass is 16.7. The van der Waals surface area contributed by atoms with Crippen LogP contribution in [-0.2, 0) is 14.3 Å². The highest BCUT2D eigenvalue weighted by Gasteiger charge is 2.80. The number of hydrogen-bond acceptors (Lipinski definition) is 5. The molecule has 4 bridgehead atoms. The Labute approximate surface area is 161 Å². The van der Waals surface area contributed by atoms with E-state index in [1.54, 1.807) is 0 Å². The third kappa shape index (κ3) is 1.79. The molecule has 2 saturated heterocycles. The Morgan fingerprint density at radius 1 is 1.22 bits per heavy atom. The zero-order valence-corrected chi connectivity index (χ0v) is 16.6. The van der Waals surface area contributed by atoms with Crippen molar-refractivity contribution in [3.05, 3.63) is 12.2 Å². The number of carbonyl (C=O) groups is 1. The van der Waals surface area contributed by atoms with Crippen molar-refractivity contribution < 1.29 is 24.5 Å². The van der Waals surface area contributed by atoms with E-state index in [-0.39, 0.29) is 52.9 Å². The van der Waals surface area contributed by atoms with Crippen LogP contribution in [0.2, 0.25) is 0 Å². The highest BCUT2D eigenvalue weighted by Crippen LogP contribution is 2.75. The average Bonchev–Trinajstić information content (AvgIpc) is 2.74. The number of hydrogen-bond donors (Lipinski definition) is 2. The van der Waals surface area contributed by atoms with Crippen LogP contribution in [0.15, 0.2) is 12.2 Å². The van der Waals surface area contributed by atoms with E-state index < -0.39 is 11.5 Å². The molecule has 6 rings (SSSR count). The molecular formula is C22H32O5. The lowest BCUT2D eigenvalue weighted by Crippen LogP contribution is -2.77. The van der Waals surface area contributed by atoms with E-state index in [1.807, 2.05) is 6.92 Å². The van der Waals surface area contributed by atoms with Crippen LogP contribution in [0.1, 0.15) is 52.9 Å². The third-order valence-corrected chi connectivity index (χ3v) is 9.28. The zero-order valence-electron chi connectivity index (χ0n) is 16.6. The van der Waals surface area contributed by atoms with E-state index in [4.69, 9.17) is 9.47 Å². The highest BCUT2D eigenvalue weighted by molar-refractivity contribution is 6.04. The van der Waals surface area contributed by atoms with Crippen molar-refractivity contribution in [2.24, 2.45) is 34.0 Å². The number of aliphatic hydroxyl groups excluding tert-OH is 2. The summed E-state index contributed by atoms with van der Waals surface area (Å²) in [5.74, 6) is 0.150. The van der Waals surface area contributed by atoms with Crippen molar-refractivity contribution in [2.45, 2.75) is 77.5 Å². The Morgan fingerprint density at radius 2 is 1.96 bits per heavy atom. The zero-order chi connectivity index (χ0) is 19.4. The molecule has 9 unspecified atom stereocenters. The predicted molar refractivity (Wildman–Crippen MR) is 98.6 cm³/mol.